The van der Waals surface area contributed by atoms with Crippen molar-refractivity contribution in [2.75, 3.05) is 19.6 Å². The molecule has 1 unspecified atom stereocenters. The highest BCUT2D eigenvalue weighted by atomic mass is 16.3. The number of nitrogens with one attached hydrogen (secondary N) is 1. The van der Waals surface area contributed by atoms with E-state index < -0.39 is 0 Å². The molecule has 3 aromatic rings. The first kappa shape index (κ1) is 18.6. The van der Waals surface area contributed by atoms with E-state index in [1.165, 1.54) is 24.8 Å². The fraction of sp³-hybridized carbons (Fsp3) is 0.348. The quantitative estimate of drug-likeness (QED) is 0.675. The van der Waals surface area contributed by atoms with Gasteiger partial charge in [0.05, 0.1) is 12.3 Å². The van der Waals surface area contributed by atoms with E-state index in [9.17, 15) is 4.79 Å². The van der Waals surface area contributed by atoms with E-state index >= 15 is 0 Å². The highest BCUT2D eigenvalue weighted by Gasteiger charge is 2.25. The van der Waals surface area contributed by atoms with E-state index in [1.807, 2.05) is 53.2 Å². The molecule has 1 N–H and O–H groups in total. The molecule has 1 fully saturated rings. The lowest BCUT2D eigenvalue weighted by atomic mass is 10.1. The van der Waals surface area contributed by atoms with Gasteiger partial charge in [0.15, 0.2) is 0 Å². The van der Waals surface area contributed by atoms with Crippen molar-refractivity contribution in [3.8, 4) is 0 Å². The molecule has 5 heteroatoms. The number of likely N-dealkylation sites (tertiary alicyclic amines) is 1. The van der Waals surface area contributed by atoms with Gasteiger partial charge < -0.3 is 14.3 Å². The zero-order chi connectivity index (χ0) is 19.2. The molecule has 0 bridgehead atoms. The largest absolute Gasteiger partial charge is 0.468 e. The van der Waals surface area contributed by atoms with Gasteiger partial charge >= 0.3 is 0 Å². The smallest absolute Gasteiger partial charge is 0.267 e. The van der Waals surface area contributed by atoms with Crippen LogP contribution in [0.25, 0.3) is 0 Å². The predicted molar refractivity (Wildman–Crippen MR) is 109 cm³/mol. The molecule has 2 aromatic heterocycles. The van der Waals surface area contributed by atoms with Gasteiger partial charge in [-0.25, -0.2) is 0 Å². The number of benzene rings is 1. The number of rotatable bonds is 7. The molecule has 146 valence electrons. The number of carbonyl (C=O) groups excluding carboxylic acids is 1. The number of furan rings is 1. The van der Waals surface area contributed by atoms with Crippen LogP contribution in [-0.2, 0) is 6.54 Å². The maximum Gasteiger partial charge on any atom is 0.267 e. The van der Waals surface area contributed by atoms with Gasteiger partial charge in [0.2, 0.25) is 0 Å². The summed E-state index contributed by atoms with van der Waals surface area (Å²) < 4.78 is 7.67. The zero-order valence-corrected chi connectivity index (χ0v) is 16.1. The molecule has 0 spiro atoms. The van der Waals surface area contributed by atoms with Crippen molar-refractivity contribution in [3.05, 3.63) is 84.1 Å². The van der Waals surface area contributed by atoms with Gasteiger partial charge in [-0.15, -0.1) is 0 Å². The normalized spacial score (nSPS) is 16.0. The van der Waals surface area contributed by atoms with Crippen molar-refractivity contribution >= 4 is 5.91 Å². The fourth-order valence-electron chi connectivity index (χ4n) is 3.94. The second-order valence-electron chi connectivity index (χ2n) is 7.34. The molecule has 4 rings (SSSR count). The first-order chi connectivity index (χ1) is 13.8. The molecule has 0 saturated carbocycles. The van der Waals surface area contributed by atoms with Crippen LogP contribution in [0.3, 0.4) is 0 Å². The summed E-state index contributed by atoms with van der Waals surface area (Å²) in [4.78, 5) is 15.3. The molecule has 28 heavy (non-hydrogen) atoms. The maximum absolute atomic E-state index is 12.9. The van der Waals surface area contributed by atoms with Crippen molar-refractivity contribution in [2.45, 2.75) is 31.8 Å². The summed E-state index contributed by atoms with van der Waals surface area (Å²) in [5, 5.41) is 3.14. The van der Waals surface area contributed by atoms with Crippen LogP contribution >= 0.6 is 0 Å². The summed E-state index contributed by atoms with van der Waals surface area (Å²) in [5.74, 6) is 0.872. The van der Waals surface area contributed by atoms with Gasteiger partial charge in [-0.2, -0.15) is 0 Å². The molecule has 5 nitrogen and oxygen atoms in total. The molecule has 1 aliphatic rings. The maximum atomic E-state index is 12.9. The summed E-state index contributed by atoms with van der Waals surface area (Å²) >= 11 is 0. The molecule has 0 aliphatic carbocycles. The highest BCUT2D eigenvalue weighted by Crippen LogP contribution is 2.24. The highest BCUT2D eigenvalue weighted by molar-refractivity contribution is 5.92. The Hall–Kier alpha value is -2.79. The Morgan fingerprint density at radius 1 is 1.00 bits per heavy atom. The van der Waals surface area contributed by atoms with Crippen molar-refractivity contribution in [1.29, 1.82) is 0 Å². The Balaban J connectivity index is 1.43. The van der Waals surface area contributed by atoms with Gasteiger partial charge in [0, 0.05) is 19.3 Å². The first-order valence-electron chi connectivity index (χ1n) is 10.1. The summed E-state index contributed by atoms with van der Waals surface area (Å²) in [6.45, 7) is 3.32. The number of carbonyl (C=O) groups is 1. The van der Waals surface area contributed by atoms with E-state index in [-0.39, 0.29) is 11.9 Å². The van der Waals surface area contributed by atoms with E-state index in [4.69, 9.17) is 4.42 Å². The Labute approximate surface area is 166 Å². The van der Waals surface area contributed by atoms with Gasteiger partial charge in [0.1, 0.15) is 11.5 Å². The lowest BCUT2D eigenvalue weighted by molar-refractivity contribution is 0.0905. The summed E-state index contributed by atoms with van der Waals surface area (Å²) in [6.07, 6.45) is 7.34. The molecule has 1 aliphatic heterocycles. The topological polar surface area (TPSA) is 50.4 Å². The summed E-state index contributed by atoms with van der Waals surface area (Å²) in [6, 6.07) is 18.0. The number of hydrogen-bond donors (Lipinski definition) is 1. The van der Waals surface area contributed by atoms with Crippen molar-refractivity contribution in [2.24, 2.45) is 0 Å². The Bertz CT molecular complexity index is 864. The SMILES string of the molecule is O=C(NCC(c1ccco1)N1CCCCC1)c1cccn1Cc1ccccc1. The van der Waals surface area contributed by atoms with E-state index in [2.05, 4.69) is 22.3 Å². The second kappa shape index (κ2) is 8.93. The standard InChI is InChI=1S/C23H27N3O2/c27-23(20-11-7-15-26(20)18-19-9-3-1-4-10-19)24-17-21(22-12-8-16-28-22)25-13-5-2-6-14-25/h1,3-4,7-12,15-16,21H,2,5-6,13-14,17-18H2,(H,24,27). The van der Waals surface area contributed by atoms with Crippen molar-refractivity contribution in [1.82, 2.24) is 14.8 Å². The Morgan fingerprint density at radius 3 is 2.57 bits per heavy atom. The minimum absolute atomic E-state index is 0.0468. The minimum Gasteiger partial charge on any atom is -0.468 e. The van der Waals surface area contributed by atoms with Gasteiger partial charge in [-0.1, -0.05) is 36.8 Å². The zero-order valence-electron chi connectivity index (χ0n) is 16.1. The lowest BCUT2D eigenvalue weighted by Gasteiger charge is -2.33. The third-order valence-electron chi connectivity index (χ3n) is 5.42. The fourth-order valence-corrected chi connectivity index (χ4v) is 3.94. The number of piperidine rings is 1. The summed E-state index contributed by atoms with van der Waals surface area (Å²) in [5.41, 5.74) is 1.86. The third kappa shape index (κ3) is 4.37. The van der Waals surface area contributed by atoms with Crippen LogP contribution in [0, 0.1) is 0 Å². The molecule has 1 aromatic carbocycles. The Kier molecular flexibility index (Phi) is 5.92. The third-order valence-corrected chi connectivity index (χ3v) is 5.42. The molecule has 3 heterocycles. The van der Waals surface area contributed by atoms with E-state index in [1.54, 1.807) is 6.26 Å². The minimum atomic E-state index is -0.0468. The van der Waals surface area contributed by atoms with E-state index in [0.717, 1.165) is 18.8 Å². The van der Waals surface area contributed by atoms with Crippen LogP contribution in [0.4, 0.5) is 0 Å². The number of amides is 1. The molecule has 0 radical (unpaired) electrons. The molecule has 1 amide bonds. The van der Waals surface area contributed by atoms with Crippen molar-refractivity contribution < 1.29 is 9.21 Å². The average Bonchev–Trinajstić information content (AvgIpc) is 3.42. The average molecular weight is 377 g/mol. The molecule has 1 atom stereocenters. The molecule has 1 saturated heterocycles. The molecular formula is C23H27N3O2. The second-order valence-corrected chi connectivity index (χ2v) is 7.34. The number of nitrogens with zero attached hydrogens (tertiary/aromatic N) is 2. The van der Waals surface area contributed by atoms with Crippen LogP contribution in [-0.4, -0.2) is 35.0 Å². The van der Waals surface area contributed by atoms with Gasteiger partial charge in [0.25, 0.3) is 5.91 Å². The predicted octanol–water partition coefficient (Wildman–Crippen LogP) is 4.09. The Morgan fingerprint density at radius 2 is 1.82 bits per heavy atom. The molecular weight excluding hydrogens is 350 g/mol. The van der Waals surface area contributed by atoms with Crippen LogP contribution in [0.15, 0.2) is 71.5 Å². The van der Waals surface area contributed by atoms with Gasteiger partial charge in [-0.3, -0.25) is 9.69 Å². The van der Waals surface area contributed by atoms with Crippen LogP contribution in [0.1, 0.15) is 47.1 Å². The van der Waals surface area contributed by atoms with Crippen molar-refractivity contribution in [3.63, 3.8) is 0 Å². The van der Waals surface area contributed by atoms with Gasteiger partial charge in [-0.05, 0) is 55.8 Å². The monoisotopic (exact) mass is 377 g/mol. The lowest BCUT2D eigenvalue weighted by Crippen LogP contribution is -2.40. The van der Waals surface area contributed by atoms with E-state index in [0.29, 0.717) is 18.8 Å². The number of aromatic nitrogens is 1. The first-order valence-corrected chi connectivity index (χ1v) is 10.1. The number of hydrogen-bond acceptors (Lipinski definition) is 3. The summed E-state index contributed by atoms with van der Waals surface area (Å²) in [7, 11) is 0. The van der Waals surface area contributed by atoms with Crippen LogP contribution in [0.5, 0.6) is 0 Å². The van der Waals surface area contributed by atoms with Crippen LogP contribution in [0.2, 0.25) is 0 Å². The van der Waals surface area contributed by atoms with Crippen LogP contribution < -0.4 is 5.32 Å².